The van der Waals surface area contributed by atoms with Crippen molar-refractivity contribution in [2.75, 3.05) is 0 Å². The van der Waals surface area contributed by atoms with Crippen molar-refractivity contribution in [3.8, 4) is 11.4 Å². The molecule has 0 unspecified atom stereocenters. The molecular weight excluding hydrogens is 546 g/mol. The lowest BCUT2D eigenvalue weighted by Crippen LogP contribution is -2.35. The van der Waals surface area contributed by atoms with Crippen molar-refractivity contribution in [1.82, 2.24) is 19.1 Å². The number of aromatic amines is 1. The predicted molar refractivity (Wildman–Crippen MR) is 164 cm³/mol. The maximum Gasteiger partial charge on any atom is 0.275 e. The highest BCUT2D eigenvalue weighted by molar-refractivity contribution is 5.48. The third-order valence-electron chi connectivity index (χ3n) is 12.6. The van der Waals surface area contributed by atoms with Crippen LogP contribution in [-0.4, -0.2) is 19.1 Å². The van der Waals surface area contributed by atoms with E-state index in [-0.39, 0.29) is 56.2 Å². The Balaban J connectivity index is 0.000000140. The molecule has 4 atom stereocenters. The van der Waals surface area contributed by atoms with Crippen molar-refractivity contribution in [3.05, 3.63) is 103 Å². The molecule has 0 spiro atoms. The van der Waals surface area contributed by atoms with Crippen LogP contribution in [0.5, 0.6) is 0 Å². The zero-order valence-electron chi connectivity index (χ0n) is 26.0. The Morgan fingerprint density at radius 3 is 1.79 bits per heavy atom. The molecule has 1 N–H and O–H groups in total. The van der Waals surface area contributed by atoms with E-state index in [0.717, 1.165) is 48.2 Å². The molecule has 2 saturated carbocycles. The lowest BCUT2D eigenvalue weighted by atomic mass is 9.70. The predicted octanol–water partition coefficient (Wildman–Crippen LogP) is 6.97. The topological polar surface area (TPSA) is 64.7 Å². The first kappa shape index (κ1) is 28.1. The minimum absolute atomic E-state index is 0.0165. The van der Waals surface area contributed by atoms with Gasteiger partial charge in [-0.2, -0.15) is 0 Å². The molecule has 8 heteroatoms. The number of fused-ring (bicyclic) bond motifs is 10. The summed E-state index contributed by atoms with van der Waals surface area (Å²) in [7, 11) is 1.88. The minimum atomic E-state index is -0.378. The van der Waals surface area contributed by atoms with Crippen molar-refractivity contribution < 1.29 is 8.78 Å². The second-order valence-electron chi connectivity index (χ2n) is 14.6. The second-order valence-corrected chi connectivity index (χ2v) is 14.6. The van der Waals surface area contributed by atoms with Gasteiger partial charge in [-0.15, -0.1) is 0 Å². The van der Waals surface area contributed by atoms with Crippen LogP contribution in [0.4, 0.5) is 8.78 Å². The number of aromatic nitrogens is 4. The van der Waals surface area contributed by atoms with Crippen LogP contribution < -0.4 is 11.1 Å². The number of halogens is 2. The summed E-state index contributed by atoms with van der Waals surface area (Å²) in [5, 5.41) is 3.21. The molecule has 4 aromatic rings. The number of nitrogens with one attached hydrogen (secondary N) is 1. The maximum atomic E-state index is 14.2. The number of hydrogen-bond donors (Lipinski definition) is 1. The Labute approximate surface area is 250 Å². The summed E-state index contributed by atoms with van der Waals surface area (Å²) >= 11 is 0. The Morgan fingerprint density at radius 1 is 0.721 bits per heavy atom. The SMILES string of the molecule is CC1(C)[C@H]2CC[C@]1(C)c1[nH]n(-c3ccccc3F)c(=O)c12.Cn1c2c(c(=O)n1-c1ccccc1F)[C@@H]1CC[C@@]2(C)C1(C)C. The molecule has 4 aliphatic carbocycles. The number of hydrogen-bond acceptors (Lipinski definition) is 2. The normalized spacial score (nSPS) is 28.5. The zero-order valence-corrected chi connectivity index (χ0v) is 26.0. The van der Waals surface area contributed by atoms with E-state index in [1.165, 1.54) is 21.5 Å². The van der Waals surface area contributed by atoms with Crippen LogP contribution in [0.25, 0.3) is 11.4 Å². The average Bonchev–Trinajstić information content (AvgIpc) is 3.66. The largest absolute Gasteiger partial charge is 0.294 e. The molecule has 0 aliphatic heterocycles. The van der Waals surface area contributed by atoms with Gasteiger partial charge < -0.3 is 0 Å². The van der Waals surface area contributed by atoms with Gasteiger partial charge in [-0.25, -0.2) is 18.1 Å². The van der Waals surface area contributed by atoms with Crippen LogP contribution in [0, 0.1) is 22.5 Å². The first-order chi connectivity index (χ1) is 20.2. The molecule has 0 saturated heterocycles. The molecule has 2 aromatic carbocycles. The van der Waals surface area contributed by atoms with Crippen LogP contribution in [0.2, 0.25) is 0 Å². The summed E-state index contributed by atoms with van der Waals surface area (Å²) in [5.74, 6) is -0.189. The quantitative estimate of drug-likeness (QED) is 0.276. The van der Waals surface area contributed by atoms with Gasteiger partial charge >= 0.3 is 0 Å². The van der Waals surface area contributed by atoms with Gasteiger partial charge in [0.15, 0.2) is 0 Å². The third-order valence-corrected chi connectivity index (χ3v) is 12.6. The van der Waals surface area contributed by atoms with Crippen LogP contribution in [0.15, 0.2) is 58.1 Å². The van der Waals surface area contributed by atoms with E-state index >= 15 is 0 Å². The molecule has 0 amide bonds. The molecule has 43 heavy (non-hydrogen) atoms. The molecule has 0 radical (unpaired) electrons. The highest BCUT2D eigenvalue weighted by Crippen LogP contribution is 2.67. The van der Waals surface area contributed by atoms with Crippen LogP contribution in [0.3, 0.4) is 0 Å². The molecule has 6 nitrogen and oxygen atoms in total. The lowest BCUT2D eigenvalue weighted by molar-refractivity contribution is 0.217. The van der Waals surface area contributed by atoms with E-state index in [9.17, 15) is 18.4 Å². The molecule has 226 valence electrons. The first-order valence-electron chi connectivity index (χ1n) is 15.4. The number of para-hydroxylation sites is 2. The Morgan fingerprint density at radius 2 is 1.23 bits per heavy atom. The van der Waals surface area contributed by atoms with Gasteiger partial charge in [0.05, 0.1) is 5.69 Å². The van der Waals surface area contributed by atoms with E-state index in [4.69, 9.17) is 0 Å². The van der Waals surface area contributed by atoms with Gasteiger partial charge in [0.25, 0.3) is 11.1 Å². The minimum Gasteiger partial charge on any atom is -0.294 e. The van der Waals surface area contributed by atoms with Crippen molar-refractivity contribution in [2.24, 2.45) is 17.9 Å². The van der Waals surface area contributed by atoms with Crippen molar-refractivity contribution in [3.63, 3.8) is 0 Å². The Hall–Kier alpha value is -3.68. The van der Waals surface area contributed by atoms with E-state index in [0.29, 0.717) is 11.4 Å². The van der Waals surface area contributed by atoms with Crippen molar-refractivity contribution >= 4 is 0 Å². The number of nitrogens with zero attached hydrogens (tertiary/aromatic N) is 3. The summed E-state index contributed by atoms with van der Waals surface area (Å²) in [6.45, 7) is 13.5. The van der Waals surface area contributed by atoms with E-state index in [2.05, 4.69) is 46.6 Å². The monoisotopic (exact) mass is 586 g/mol. The van der Waals surface area contributed by atoms with Crippen LogP contribution in [-0.2, 0) is 17.9 Å². The van der Waals surface area contributed by atoms with Crippen molar-refractivity contribution in [2.45, 2.75) is 89.9 Å². The second kappa shape index (κ2) is 8.70. The summed E-state index contributed by atoms with van der Waals surface area (Å²) in [5.41, 5.74) is 4.52. The van der Waals surface area contributed by atoms with Gasteiger partial charge in [0.1, 0.15) is 23.0 Å². The standard InChI is InChI=1S/C18H21FN2O.C17H19FN2O/c1-17(2)11-9-10-18(17,3)15-14(11)16(22)21(20(15)4)13-8-6-5-7-12(13)19;1-16(2)10-8-9-17(16,3)14-13(10)15(21)20(19-14)12-7-5-4-6-11(12)18/h5-8,11H,9-10H2,1-4H3;4-7,10,19H,8-9H2,1-3H3/t11-,18+;10-,17+/m00/s1. The van der Waals surface area contributed by atoms with Gasteiger partial charge in [-0.1, -0.05) is 65.8 Å². The molecule has 4 bridgehead atoms. The fourth-order valence-corrected chi connectivity index (χ4v) is 9.37. The van der Waals surface area contributed by atoms with E-state index in [1.54, 1.807) is 36.4 Å². The molecule has 2 heterocycles. The maximum absolute atomic E-state index is 14.2. The van der Waals surface area contributed by atoms with Crippen LogP contribution >= 0.6 is 0 Å². The first-order valence-corrected chi connectivity index (χ1v) is 15.4. The van der Waals surface area contributed by atoms with E-state index < -0.39 is 0 Å². The summed E-state index contributed by atoms with van der Waals surface area (Å²) in [6.07, 6.45) is 4.26. The Kier molecular flexibility index (Phi) is 5.69. The number of rotatable bonds is 2. The number of benzene rings is 2. The number of H-pyrrole nitrogens is 1. The smallest absolute Gasteiger partial charge is 0.275 e. The molecule has 4 aliphatic rings. The average molecular weight is 587 g/mol. The van der Waals surface area contributed by atoms with Gasteiger partial charge in [-0.3, -0.25) is 19.4 Å². The zero-order chi connectivity index (χ0) is 30.9. The fraction of sp³-hybridized carbons (Fsp3) is 0.486. The third kappa shape index (κ3) is 3.27. The Bertz CT molecular complexity index is 1920. The van der Waals surface area contributed by atoms with Gasteiger partial charge in [0, 0.05) is 34.7 Å². The van der Waals surface area contributed by atoms with Crippen LogP contribution in [0.1, 0.15) is 102 Å². The van der Waals surface area contributed by atoms with Crippen molar-refractivity contribution in [1.29, 1.82) is 0 Å². The summed E-state index contributed by atoms with van der Waals surface area (Å²) < 4.78 is 33.0. The van der Waals surface area contributed by atoms with E-state index in [1.807, 2.05) is 11.7 Å². The highest BCUT2D eigenvalue weighted by atomic mass is 19.1. The highest BCUT2D eigenvalue weighted by Gasteiger charge is 2.63. The van der Waals surface area contributed by atoms with Gasteiger partial charge in [0.2, 0.25) is 0 Å². The fourth-order valence-electron chi connectivity index (χ4n) is 9.37. The molecule has 8 rings (SSSR count). The lowest BCUT2D eigenvalue weighted by Gasteiger charge is -2.36. The summed E-state index contributed by atoms with van der Waals surface area (Å²) in [4.78, 5) is 25.8. The summed E-state index contributed by atoms with van der Waals surface area (Å²) in [6, 6.07) is 12.9. The molecular formula is C35H40F2N4O2. The molecule has 2 fully saturated rings. The van der Waals surface area contributed by atoms with Gasteiger partial charge in [-0.05, 0) is 72.6 Å². The molecule has 2 aromatic heterocycles.